The van der Waals surface area contributed by atoms with E-state index >= 15 is 0 Å². The zero-order chi connectivity index (χ0) is 14.5. The van der Waals surface area contributed by atoms with E-state index < -0.39 is 5.97 Å². The maximum atomic E-state index is 11.8. The third-order valence-corrected chi connectivity index (χ3v) is 3.00. The number of Topliss-reactive ketones (excluding diaryl/α,β-unsaturated/α-hetero) is 1. The second-order valence-electron chi connectivity index (χ2n) is 4.40. The number of esters is 1. The van der Waals surface area contributed by atoms with E-state index in [1.54, 1.807) is 13.0 Å². The van der Waals surface area contributed by atoms with Gasteiger partial charge in [0.05, 0.1) is 6.61 Å². The summed E-state index contributed by atoms with van der Waals surface area (Å²) < 4.78 is 4.92. The number of ether oxygens (including phenoxy) is 1. The minimum absolute atomic E-state index is 0.0749. The van der Waals surface area contributed by atoms with E-state index in [1.165, 1.54) is 6.92 Å². The van der Waals surface area contributed by atoms with Crippen molar-refractivity contribution in [2.45, 2.75) is 13.8 Å². The second kappa shape index (κ2) is 6.15. The lowest BCUT2D eigenvalue weighted by Crippen LogP contribution is -2.13. The number of rotatable bonds is 4. The number of hydrogen-bond donors (Lipinski definition) is 0. The van der Waals surface area contributed by atoms with Crippen LogP contribution >= 0.6 is 0 Å². The molecule has 0 unspecified atom stereocenters. The molecule has 0 aliphatic heterocycles. The highest BCUT2D eigenvalue weighted by Crippen LogP contribution is 2.28. The van der Waals surface area contributed by atoms with Gasteiger partial charge >= 0.3 is 5.97 Å². The average Bonchev–Trinajstić information content (AvgIpc) is 2.63. The number of ketones is 1. The van der Waals surface area contributed by atoms with Gasteiger partial charge in [0.25, 0.3) is 0 Å². The molecule has 0 radical (unpaired) electrons. The van der Waals surface area contributed by atoms with Crippen LogP contribution in [0.1, 0.15) is 19.4 Å². The SMILES string of the molecule is CCOC(=O)C(=Cc1ccc2cccccc1-2)C(C)=O. The Labute approximate surface area is 118 Å². The fourth-order valence-electron chi connectivity index (χ4n) is 2.03. The molecule has 2 rings (SSSR count). The van der Waals surface area contributed by atoms with Crippen LogP contribution in [0.15, 0.2) is 48.0 Å². The van der Waals surface area contributed by atoms with E-state index in [4.69, 9.17) is 4.74 Å². The summed E-state index contributed by atoms with van der Waals surface area (Å²) in [5, 5.41) is 0. The normalized spacial score (nSPS) is 11.4. The van der Waals surface area contributed by atoms with Crippen LogP contribution in [0.4, 0.5) is 0 Å². The molecule has 2 aliphatic rings. The predicted octanol–water partition coefficient (Wildman–Crippen LogP) is 3.33. The smallest absolute Gasteiger partial charge is 0.341 e. The minimum Gasteiger partial charge on any atom is -0.462 e. The summed E-state index contributed by atoms with van der Waals surface area (Å²) >= 11 is 0. The Bertz CT molecular complexity index is 641. The zero-order valence-corrected chi connectivity index (χ0v) is 11.6. The quantitative estimate of drug-likeness (QED) is 0.370. The van der Waals surface area contributed by atoms with Crippen molar-refractivity contribution in [1.82, 2.24) is 0 Å². The van der Waals surface area contributed by atoms with Gasteiger partial charge in [-0.05, 0) is 36.6 Å². The van der Waals surface area contributed by atoms with Crippen molar-refractivity contribution in [3.8, 4) is 11.1 Å². The first kappa shape index (κ1) is 14.0. The van der Waals surface area contributed by atoms with Gasteiger partial charge in [0.1, 0.15) is 5.57 Å². The molecule has 0 atom stereocenters. The van der Waals surface area contributed by atoms with Crippen molar-refractivity contribution < 1.29 is 14.3 Å². The molecule has 0 fully saturated rings. The third-order valence-electron chi connectivity index (χ3n) is 3.00. The van der Waals surface area contributed by atoms with Crippen molar-refractivity contribution in [2.24, 2.45) is 0 Å². The van der Waals surface area contributed by atoms with Gasteiger partial charge in [0.15, 0.2) is 5.78 Å². The summed E-state index contributed by atoms with van der Waals surface area (Å²) in [6.07, 6.45) is 1.60. The molecule has 0 saturated heterocycles. The van der Waals surface area contributed by atoms with E-state index in [9.17, 15) is 9.59 Å². The van der Waals surface area contributed by atoms with Crippen LogP contribution in [0.5, 0.6) is 0 Å². The molecule has 102 valence electrons. The standard InChI is InChI=1S/C17H16O3/c1-3-20-17(19)16(12(2)18)11-14-10-9-13-7-5-4-6-8-15(13)14/h4-11H,3H2,1-2H3. The predicted molar refractivity (Wildman–Crippen MR) is 78.4 cm³/mol. The molecule has 0 aromatic rings. The van der Waals surface area contributed by atoms with Crippen LogP contribution < -0.4 is 0 Å². The monoisotopic (exact) mass is 268 g/mol. The van der Waals surface area contributed by atoms with Gasteiger partial charge in [-0.3, -0.25) is 4.79 Å². The van der Waals surface area contributed by atoms with E-state index in [2.05, 4.69) is 0 Å². The fourth-order valence-corrected chi connectivity index (χ4v) is 2.03. The lowest BCUT2D eigenvalue weighted by Gasteiger charge is -2.04. The molecule has 0 spiro atoms. The van der Waals surface area contributed by atoms with E-state index in [-0.39, 0.29) is 18.0 Å². The molecule has 0 bridgehead atoms. The van der Waals surface area contributed by atoms with Crippen LogP contribution in [0, 0.1) is 0 Å². The number of hydrogen-bond acceptors (Lipinski definition) is 3. The Kier molecular flexibility index (Phi) is 4.31. The van der Waals surface area contributed by atoms with Gasteiger partial charge in [0.2, 0.25) is 0 Å². The van der Waals surface area contributed by atoms with Crippen molar-refractivity contribution in [3.05, 3.63) is 53.6 Å². The molecule has 0 aromatic heterocycles. The van der Waals surface area contributed by atoms with Crippen molar-refractivity contribution in [2.75, 3.05) is 6.61 Å². The van der Waals surface area contributed by atoms with Crippen LogP contribution in [0.25, 0.3) is 17.2 Å². The summed E-state index contributed by atoms with van der Waals surface area (Å²) in [6.45, 7) is 3.33. The molecule has 0 saturated carbocycles. The summed E-state index contributed by atoms with van der Waals surface area (Å²) in [7, 11) is 0. The maximum Gasteiger partial charge on any atom is 0.341 e. The van der Waals surface area contributed by atoms with Gasteiger partial charge in [0, 0.05) is 0 Å². The Morgan fingerprint density at radius 3 is 2.55 bits per heavy atom. The molecule has 3 nitrogen and oxygen atoms in total. The summed E-state index contributed by atoms with van der Waals surface area (Å²) in [5.74, 6) is -0.868. The molecule has 0 N–H and O–H groups in total. The molecule has 20 heavy (non-hydrogen) atoms. The first-order valence-corrected chi connectivity index (χ1v) is 6.51. The zero-order valence-electron chi connectivity index (χ0n) is 11.6. The van der Waals surface area contributed by atoms with Crippen LogP contribution in [-0.4, -0.2) is 18.4 Å². The van der Waals surface area contributed by atoms with Crippen LogP contribution in [-0.2, 0) is 14.3 Å². The largest absolute Gasteiger partial charge is 0.462 e. The third kappa shape index (κ3) is 2.94. The fraction of sp³-hybridized carbons (Fsp3) is 0.176. The summed E-state index contributed by atoms with van der Waals surface area (Å²) in [4.78, 5) is 23.4. The lowest BCUT2D eigenvalue weighted by molar-refractivity contribution is -0.139. The highest BCUT2D eigenvalue weighted by Gasteiger charge is 2.17. The molecule has 3 heteroatoms. The Balaban J connectivity index is 2.46. The van der Waals surface area contributed by atoms with Gasteiger partial charge in [-0.15, -0.1) is 0 Å². The average molecular weight is 268 g/mol. The second-order valence-corrected chi connectivity index (χ2v) is 4.40. The number of carbonyl (C=O) groups is 2. The molecular formula is C17H16O3. The Morgan fingerprint density at radius 1 is 1.10 bits per heavy atom. The highest BCUT2D eigenvalue weighted by molar-refractivity contribution is 6.20. The molecular weight excluding hydrogens is 252 g/mol. The van der Waals surface area contributed by atoms with Crippen LogP contribution in [0.3, 0.4) is 0 Å². The maximum absolute atomic E-state index is 11.8. The molecule has 2 aliphatic carbocycles. The first-order chi connectivity index (χ1) is 9.63. The molecule has 0 amide bonds. The van der Waals surface area contributed by atoms with Crippen molar-refractivity contribution in [1.29, 1.82) is 0 Å². The van der Waals surface area contributed by atoms with Gasteiger partial charge < -0.3 is 4.74 Å². The van der Waals surface area contributed by atoms with E-state index in [0.29, 0.717) is 0 Å². The van der Waals surface area contributed by atoms with Crippen molar-refractivity contribution in [3.63, 3.8) is 0 Å². The molecule has 0 aromatic carbocycles. The summed E-state index contributed by atoms with van der Waals surface area (Å²) in [5.41, 5.74) is 2.98. The first-order valence-electron chi connectivity index (χ1n) is 6.51. The van der Waals surface area contributed by atoms with Crippen LogP contribution in [0.2, 0.25) is 0 Å². The minimum atomic E-state index is -0.574. The van der Waals surface area contributed by atoms with Gasteiger partial charge in [-0.2, -0.15) is 0 Å². The number of fused-ring (bicyclic) bond motifs is 1. The van der Waals surface area contributed by atoms with Gasteiger partial charge in [-0.1, -0.05) is 42.5 Å². The summed E-state index contributed by atoms with van der Waals surface area (Å²) in [6, 6.07) is 13.6. The highest BCUT2D eigenvalue weighted by atomic mass is 16.5. The van der Waals surface area contributed by atoms with E-state index in [1.807, 2.05) is 42.5 Å². The van der Waals surface area contributed by atoms with E-state index in [0.717, 1.165) is 16.7 Å². The van der Waals surface area contributed by atoms with Gasteiger partial charge in [-0.25, -0.2) is 4.79 Å². The Hall–Kier alpha value is -2.42. The Morgan fingerprint density at radius 2 is 1.85 bits per heavy atom. The van der Waals surface area contributed by atoms with Crippen molar-refractivity contribution >= 4 is 17.8 Å². The molecule has 0 heterocycles. The topological polar surface area (TPSA) is 43.4 Å². The lowest BCUT2D eigenvalue weighted by atomic mass is 10.1. The number of carbonyl (C=O) groups excluding carboxylic acids is 2.